The second-order valence-corrected chi connectivity index (χ2v) is 5.13. The largest absolute Gasteiger partial charge is 0.381 e. The highest BCUT2D eigenvalue weighted by molar-refractivity contribution is 6.31. The summed E-state index contributed by atoms with van der Waals surface area (Å²) in [5.74, 6) is 0.119. The Hall–Kier alpha value is -0.640. The molecule has 2 atom stereocenters. The van der Waals surface area contributed by atoms with Gasteiger partial charge in [-0.2, -0.15) is 0 Å². The number of hydrogen-bond donors (Lipinski definition) is 1. The second kappa shape index (κ2) is 6.50. The van der Waals surface area contributed by atoms with Crippen molar-refractivity contribution in [1.29, 1.82) is 0 Å². The molecule has 0 aliphatic carbocycles. The van der Waals surface area contributed by atoms with Gasteiger partial charge in [0.15, 0.2) is 0 Å². The van der Waals surface area contributed by atoms with Gasteiger partial charge in [-0.15, -0.1) is 0 Å². The zero-order chi connectivity index (χ0) is 13.0. The molecular weight excluding hydrogens is 253 g/mol. The molecule has 1 saturated heterocycles. The molecule has 0 aromatic heterocycles. The minimum Gasteiger partial charge on any atom is -0.381 e. The van der Waals surface area contributed by atoms with E-state index in [1.807, 2.05) is 0 Å². The maximum Gasteiger partial charge on any atom is 0.124 e. The van der Waals surface area contributed by atoms with E-state index in [-0.39, 0.29) is 5.82 Å². The Morgan fingerprint density at radius 1 is 1.50 bits per heavy atom. The van der Waals surface area contributed by atoms with E-state index in [4.69, 9.17) is 16.3 Å². The number of benzene rings is 1. The molecule has 4 heteroatoms. The van der Waals surface area contributed by atoms with Gasteiger partial charge in [-0.3, -0.25) is 0 Å². The van der Waals surface area contributed by atoms with Crippen molar-refractivity contribution in [1.82, 2.24) is 5.32 Å². The lowest BCUT2D eigenvalue weighted by Gasteiger charge is -2.32. The predicted molar refractivity (Wildman–Crippen MR) is 71.5 cm³/mol. The van der Waals surface area contributed by atoms with Gasteiger partial charge in [0, 0.05) is 23.6 Å². The molecule has 1 heterocycles. The third-order valence-corrected chi connectivity index (χ3v) is 3.79. The molecule has 0 radical (unpaired) electrons. The Labute approximate surface area is 112 Å². The minimum atomic E-state index is -0.285. The van der Waals surface area contributed by atoms with Gasteiger partial charge >= 0.3 is 0 Å². The number of nitrogens with one attached hydrogen (secondary N) is 1. The first-order valence-corrected chi connectivity index (χ1v) is 6.83. The summed E-state index contributed by atoms with van der Waals surface area (Å²) in [4.78, 5) is 0. The molecule has 1 aromatic rings. The molecule has 1 aliphatic rings. The third kappa shape index (κ3) is 3.44. The molecule has 0 spiro atoms. The van der Waals surface area contributed by atoms with Gasteiger partial charge in [0.1, 0.15) is 5.82 Å². The second-order valence-electron chi connectivity index (χ2n) is 4.73. The molecule has 0 amide bonds. The monoisotopic (exact) mass is 271 g/mol. The maximum absolute atomic E-state index is 13.0. The smallest absolute Gasteiger partial charge is 0.124 e. The summed E-state index contributed by atoms with van der Waals surface area (Å²) in [6.45, 7) is 4.62. The molecule has 2 rings (SSSR count). The lowest BCUT2D eigenvalue weighted by atomic mass is 9.89. The van der Waals surface area contributed by atoms with E-state index in [1.54, 1.807) is 6.07 Å². The average Bonchev–Trinajstić information content (AvgIpc) is 2.35. The average molecular weight is 272 g/mol. The number of ether oxygens (including phenoxy) is 1. The van der Waals surface area contributed by atoms with Gasteiger partial charge in [-0.1, -0.05) is 24.6 Å². The Bertz CT molecular complexity index is 397. The summed E-state index contributed by atoms with van der Waals surface area (Å²) in [5.41, 5.74) is 0.997. The molecule has 2 nitrogen and oxygen atoms in total. The van der Waals surface area contributed by atoms with E-state index in [1.165, 1.54) is 12.1 Å². The Kier molecular flexibility index (Phi) is 4.98. The van der Waals surface area contributed by atoms with Crippen LogP contribution in [0.2, 0.25) is 5.02 Å². The van der Waals surface area contributed by atoms with Crippen LogP contribution in [-0.4, -0.2) is 25.8 Å². The van der Waals surface area contributed by atoms with Crippen LogP contribution in [0.3, 0.4) is 0 Å². The van der Waals surface area contributed by atoms with Crippen molar-refractivity contribution >= 4 is 11.6 Å². The summed E-state index contributed by atoms with van der Waals surface area (Å²) in [6.07, 6.45) is 1.86. The fourth-order valence-corrected chi connectivity index (χ4v) is 2.74. The zero-order valence-corrected chi connectivity index (χ0v) is 11.3. The van der Waals surface area contributed by atoms with Crippen LogP contribution >= 0.6 is 11.6 Å². The van der Waals surface area contributed by atoms with Crippen LogP contribution in [0.15, 0.2) is 18.2 Å². The fourth-order valence-electron chi connectivity index (χ4n) is 2.50. The van der Waals surface area contributed by atoms with E-state index < -0.39 is 0 Å². The molecule has 1 aliphatic heterocycles. The van der Waals surface area contributed by atoms with E-state index in [2.05, 4.69) is 12.2 Å². The third-order valence-electron chi connectivity index (χ3n) is 3.44. The Morgan fingerprint density at radius 3 is 3.06 bits per heavy atom. The first kappa shape index (κ1) is 13.8. The minimum absolute atomic E-state index is 0.285. The van der Waals surface area contributed by atoms with Crippen LogP contribution in [0, 0.1) is 11.7 Å². The van der Waals surface area contributed by atoms with Gasteiger partial charge in [-0.05, 0) is 37.1 Å². The van der Waals surface area contributed by atoms with Gasteiger partial charge in [0.2, 0.25) is 0 Å². The normalized spacial score (nSPS) is 24.2. The molecule has 1 N–H and O–H groups in total. The van der Waals surface area contributed by atoms with Crippen molar-refractivity contribution in [2.24, 2.45) is 5.92 Å². The van der Waals surface area contributed by atoms with E-state index in [9.17, 15) is 4.39 Å². The highest BCUT2D eigenvalue weighted by atomic mass is 35.5. The summed E-state index contributed by atoms with van der Waals surface area (Å²) >= 11 is 6.07. The van der Waals surface area contributed by atoms with E-state index in [0.717, 1.165) is 38.2 Å². The molecule has 0 saturated carbocycles. The lowest BCUT2D eigenvalue weighted by molar-refractivity contribution is 0.0327. The van der Waals surface area contributed by atoms with E-state index >= 15 is 0 Å². The summed E-state index contributed by atoms with van der Waals surface area (Å²) in [6, 6.07) is 5.08. The standard InChI is InChI=1S/C14H19ClFNO/c1-2-17-14-5-6-18-9-11(14)7-10-3-4-12(16)8-13(10)15/h3-4,8,11,14,17H,2,5-7,9H2,1H3. The summed E-state index contributed by atoms with van der Waals surface area (Å²) < 4.78 is 18.5. The van der Waals surface area contributed by atoms with Crippen molar-refractivity contribution in [2.45, 2.75) is 25.8 Å². The quantitative estimate of drug-likeness (QED) is 0.909. The zero-order valence-electron chi connectivity index (χ0n) is 10.6. The predicted octanol–water partition coefficient (Wildman–Crippen LogP) is 3.04. The van der Waals surface area contributed by atoms with Crippen LogP contribution in [0.25, 0.3) is 0 Å². The van der Waals surface area contributed by atoms with Gasteiger partial charge < -0.3 is 10.1 Å². The molecular formula is C14H19ClFNO. The van der Waals surface area contributed by atoms with Crippen molar-refractivity contribution in [3.8, 4) is 0 Å². The van der Waals surface area contributed by atoms with Gasteiger partial charge in [-0.25, -0.2) is 4.39 Å². The van der Waals surface area contributed by atoms with Crippen molar-refractivity contribution in [2.75, 3.05) is 19.8 Å². The first-order valence-electron chi connectivity index (χ1n) is 6.45. The molecule has 18 heavy (non-hydrogen) atoms. The Balaban J connectivity index is 2.06. The lowest BCUT2D eigenvalue weighted by Crippen LogP contribution is -2.43. The molecule has 1 aromatic carbocycles. The van der Waals surface area contributed by atoms with Gasteiger partial charge in [0.05, 0.1) is 6.61 Å². The van der Waals surface area contributed by atoms with Crippen LogP contribution in [-0.2, 0) is 11.2 Å². The van der Waals surface area contributed by atoms with Crippen molar-refractivity contribution in [3.05, 3.63) is 34.6 Å². The van der Waals surface area contributed by atoms with Gasteiger partial charge in [0.25, 0.3) is 0 Å². The fraction of sp³-hybridized carbons (Fsp3) is 0.571. The van der Waals surface area contributed by atoms with Crippen LogP contribution in [0.1, 0.15) is 18.9 Å². The molecule has 2 unspecified atom stereocenters. The Morgan fingerprint density at radius 2 is 2.33 bits per heavy atom. The van der Waals surface area contributed by atoms with Crippen molar-refractivity contribution in [3.63, 3.8) is 0 Å². The molecule has 1 fully saturated rings. The number of halogens is 2. The highest BCUT2D eigenvalue weighted by Crippen LogP contribution is 2.25. The summed E-state index contributed by atoms with van der Waals surface area (Å²) in [5, 5.41) is 4.00. The summed E-state index contributed by atoms with van der Waals surface area (Å²) in [7, 11) is 0. The van der Waals surface area contributed by atoms with Crippen LogP contribution in [0.4, 0.5) is 4.39 Å². The topological polar surface area (TPSA) is 21.3 Å². The number of rotatable bonds is 4. The first-order chi connectivity index (χ1) is 8.70. The molecule has 0 bridgehead atoms. The number of hydrogen-bond acceptors (Lipinski definition) is 2. The van der Waals surface area contributed by atoms with Crippen LogP contribution < -0.4 is 5.32 Å². The van der Waals surface area contributed by atoms with E-state index in [0.29, 0.717) is 17.0 Å². The van der Waals surface area contributed by atoms with Crippen molar-refractivity contribution < 1.29 is 9.13 Å². The van der Waals surface area contributed by atoms with Crippen LogP contribution in [0.5, 0.6) is 0 Å². The maximum atomic E-state index is 13.0. The highest BCUT2D eigenvalue weighted by Gasteiger charge is 2.25. The molecule has 100 valence electrons. The SMILES string of the molecule is CCNC1CCOCC1Cc1ccc(F)cc1Cl.